The van der Waals surface area contributed by atoms with Crippen molar-refractivity contribution in [1.29, 1.82) is 0 Å². The number of rotatable bonds is 6. The molecule has 0 saturated carbocycles. The van der Waals surface area contributed by atoms with E-state index in [1.807, 2.05) is 0 Å². The maximum Gasteiger partial charge on any atom is 0.365 e. The number of carboxylic acids is 1. The first-order valence-corrected chi connectivity index (χ1v) is 7.14. The molecule has 0 fully saturated rings. The van der Waals surface area contributed by atoms with E-state index in [-0.39, 0.29) is 5.01 Å². The van der Waals surface area contributed by atoms with E-state index in [1.54, 1.807) is 17.5 Å². The number of ether oxygens (including phenoxy) is 2. The molecule has 0 aliphatic rings. The first-order chi connectivity index (χ1) is 10.0. The maximum absolute atomic E-state index is 10.8. The van der Waals surface area contributed by atoms with Crippen molar-refractivity contribution in [3.8, 4) is 11.5 Å². The molecule has 0 aliphatic carbocycles. The van der Waals surface area contributed by atoms with Crippen LogP contribution in [-0.2, 0) is 6.54 Å². The molecule has 0 aliphatic heterocycles. The number of carbonyl (C=O) groups is 1. The van der Waals surface area contributed by atoms with E-state index < -0.39 is 5.97 Å². The lowest BCUT2D eigenvalue weighted by Gasteiger charge is -2.13. The number of thiazole rings is 1. The van der Waals surface area contributed by atoms with Gasteiger partial charge in [0.25, 0.3) is 0 Å². The van der Waals surface area contributed by atoms with E-state index in [4.69, 9.17) is 26.2 Å². The second kappa shape index (κ2) is 6.64. The van der Waals surface area contributed by atoms with Crippen LogP contribution in [0.4, 0.5) is 5.69 Å². The Morgan fingerprint density at radius 2 is 2.10 bits per heavy atom. The van der Waals surface area contributed by atoms with E-state index in [9.17, 15) is 4.79 Å². The molecule has 8 heteroatoms. The number of benzene rings is 1. The zero-order valence-electron chi connectivity index (χ0n) is 11.3. The highest BCUT2D eigenvalue weighted by molar-refractivity contribution is 7.11. The Hall–Kier alpha value is -1.99. The summed E-state index contributed by atoms with van der Waals surface area (Å²) < 4.78 is 10.4. The van der Waals surface area contributed by atoms with Crippen LogP contribution in [0, 0.1) is 0 Å². The van der Waals surface area contributed by atoms with Gasteiger partial charge in [-0.15, -0.1) is 11.3 Å². The van der Waals surface area contributed by atoms with Crippen molar-refractivity contribution in [3.05, 3.63) is 33.2 Å². The first kappa shape index (κ1) is 15.4. The molecule has 0 unspecified atom stereocenters. The minimum absolute atomic E-state index is 0.0625. The van der Waals surface area contributed by atoms with Crippen molar-refractivity contribution in [3.63, 3.8) is 0 Å². The lowest BCUT2D eigenvalue weighted by Crippen LogP contribution is -2.03. The van der Waals surface area contributed by atoms with E-state index in [0.29, 0.717) is 34.4 Å². The molecular formula is C13H13ClN2O4S. The molecule has 21 heavy (non-hydrogen) atoms. The summed E-state index contributed by atoms with van der Waals surface area (Å²) in [6, 6.07) is 3.36. The van der Waals surface area contributed by atoms with Gasteiger partial charge in [-0.2, -0.15) is 0 Å². The highest BCUT2D eigenvalue weighted by Gasteiger charge is 2.12. The van der Waals surface area contributed by atoms with Crippen molar-refractivity contribution in [1.82, 2.24) is 4.98 Å². The molecule has 0 amide bonds. The average Bonchev–Trinajstić information content (AvgIpc) is 2.94. The number of aromatic nitrogens is 1. The van der Waals surface area contributed by atoms with Crippen LogP contribution in [0.25, 0.3) is 0 Å². The maximum atomic E-state index is 10.8. The molecule has 1 aromatic heterocycles. The fourth-order valence-corrected chi connectivity index (χ4v) is 2.56. The zero-order valence-corrected chi connectivity index (χ0v) is 12.9. The lowest BCUT2D eigenvalue weighted by atomic mass is 10.2. The predicted molar refractivity (Wildman–Crippen MR) is 81.0 cm³/mol. The summed E-state index contributed by atoms with van der Waals surface area (Å²) in [5.74, 6) is 0.0518. The zero-order chi connectivity index (χ0) is 15.4. The first-order valence-electron chi connectivity index (χ1n) is 5.88. The lowest BCUT2D eigenvalue weighted by molar-refractivity contribution is 0.0696. The van der Waals surface area contributed by atoms with Crippen molar-refractivity contribution in [2.24, 2.45) is 0 Å². The number of carboxylic acid groups (broad SMARTS) is 1. The summed E-state index contributed by atoms with van der Waals surface area (Å²) in [4.78, 5) is 14.8. The predicted octanol–water partition coefficient (Wildman–Crippen LogP) is 3.12. The van der Waals surface area contributed by atoms with Gasteiger partial charge < -0.3 is 19.9 Å². The highest BCUT2D eigenvalue weighted by Crippen LogP contribution is 2.36. The van der Waals surface area contributed by atoms with Gasteiger partial charge in [-0.25, -0.2) is 9.78 Å². The SMILES string of the molecule is COc1cc(NCc2csc(C(=O)O)n2)c(OC)cc1Cl. The Morgan fingerprint density at radius 3 is 2.67 bits per heavy atom. The van der Waals surface area contributed by atoms with Gasteiger partial charge in [-0.05, 0) is 0 Å². The molecular weight excluding hydrogens is 316 g/mol. The van der Waals surface area contributed by atoms with Gasteiger partial charge in [0.1, 0.15) is 11.5 Å². The Kier molecular flexibility index (Phi) is 4.87. The van der Waals surface area contributed by atoms with E-state index in [1.165, 1.54) is 14.2 Å². The molecule has 0 atom stereocenters. The van der Waals surface area contributed by atoms with Gasteiger partial charge in [0, 0.05) is 17.5 Å². The fourth-order valence-electron chi connectivity index (χ4n) is 1.67. The number of nitrogens with one attached hydrogen (secondary N) is 1. The topological polar surface area (TPSA) is 80.7 Å². The van der Waals surface area contributed by atoms with Crippen LogP contribution in [-0.4, -0.2) is 30.3 Å². The highest BCUT2D eigenvalue weighted by atomic mass is 35.5. The Bertz CT molecular complexity index is 660. The van der Waals surface area contributed by atoms with Crippen molar-refractivity contribution in [2.45, 2.75) is 6.54 Å². The van der Waals surface area contributed by atoms with Crippen LogP contribution >= 0.6 is 22.9 Å². The van der Waals surface area contributed by atoms with Gasteiger partial charge in [-0.3, -0.25) is 0 Å². The summed E-state index contributed by atoms with van der Waals surface area (Å²) in [6.07, 6.45) is 0. The van der Waals surface area contributed by atoms with Crippen LogP contribution in [0.15, 0.2) is 17.5 Å². The number of hydrogen-bond donors (Lipinski definition) is 2. The number of anilines is 1. The second-order valence-electron chi connectivity index (χ2n) is 3.99. The minimum atomic E-state index is -1.03. The van der Waals surface area contributed by atoms with Crippen LogP contribution in [0.5, 0.6) is 11.5 Å². The molecule has 0 saturated heterocycles. The van der Waals surface area contributed by atoms with Gasteiger partial charge in [-0.1, -0.05) is 11.6 Å². The molecule has 0 radical (unpaired) electrons. The molecule has 2 N–H and O–H groups in total. The fraction of sp³-hybridized carbons (Fsp3) is 0.231. The third-order valence-electron chi connectivity index (χ3n) is 2.67. The summed E-state index contributed by atoms with van der Waals surface area (Å²) in [6.45, 7) is 0.366. The monoisotopic (exact) mass is 328 g/mol. The Balaban J connectivity index is 2.16. The molecule has 112 valence electrons. The summed E-state index contributed by atoms with van der Waals surface area (Å²) in [7, 11) is 3.06. The molecule has 2 rings (SSSR count). The summed E-state index contributed by atoms with van der Waals surface area (Å²) in [5.41, 5.74) is 1.32. The number of nitrogens with zero attached hydrogens (tertiary/aromatic N) is 1. The van der Waals surface area contributed by atoms with E-state index in [2.05, 4.69) is 10.3 Å². The van der Waals surface area contributed by atoms with Gasteiger partial charge in [0.2, 0.25) is 5.01 Å². The largest absolute Gasteiger partial charge is 0.495 e. The van der Waals surface area contributed by atoms with Crippen LogP contribution in [0.1, 0.15) is 15.5 Å². The van der Waals surface area contributed by atoms with Crippen LogP contribution in [0.2, 0.25) is 5.02 Å². The molecule has 6 nitrogen and oxygen atoms in total. The second-order valence-corrected chi connectivity index (χ2v) is 5.26. The molecule has 0 bridgehead atoms. The standard InChI is InChI=1S/C13H13ClN2O4S/c1-19-10-4-9(11(20-2)3-8(10)14)15-5-7-6-21-12(16-7)13(17)18/h3-4,6,15H,5H2,1-2H3,(H,17,18). The van der Waals surface area contributed by atoms with Crippen molar-refractivity contribution < 1.29 is 19.4 Å². The number of hydrogen-bond acceptors (Lipinski definition) is 6. The molecule has 1 heterocycles. The van der Waals surface area contributed by atoms with Crippen molar-refractivity contribution in [2.75, 3.05) is 19.5 Å². The smallest absolute Gasteiger partial charge is 0.365 e. The Labute approximate surface area is 130 Å². The van der Waals surface area contributed by atoms with Gasteiger partial charge >= 0.3 is 5.97 Å². The summed E-state index contributed by atoms with van der Waals surface area (Å²) >= 11 is 7.11. The third kappa shape index (κ3) is 3.56. The van der Waals surface area contributed by atoms with Gasteiger partial charge in [0.15, 0.2) is 0 Å². The Morgan fingerprint density at radius 1 is 1.38 bits per heavy atom. The molecule has 1 aromatic carbocycles. The quantitative estimate of drug-likeness (QED) is 0.848. The van der Waals surface area contributed by atoms with Crippen LogP contribution in [0.3, 0.4) is 0 Å². The number of aromatic carboxylic acids is 1. The normalized spacial score (nSPS) is 10.2. The van der Waals surface area contributed by atoms with Crippen molar-refractivity contribution >= 4 is 34.6 Å². The minimum Gasteiger partial charge on any atom is -0.495 e. The molecule has 2 aromatic rings. The van der Waals surface area contributed by atoms with Gasteiger partial charge in [0.05, 0.1) is 37.2 Å². The van der Waals surface area contributed by atoms with E-state index in [0.717, 1.165) is 11.3 Å². The third-order valence-corrected chi connectivity index (χ3v) is 3.84. The number of halogens is 1. The van der Waals surface area contributed by atoms with Crippen LogP contribution < -0.4 is 14.8 Å². The molecule has 0 spiro atoms. The average molecular weight is 329 g/mol. The number of methoxy groups -OCH3 is 2. The summed E-state index contributed by atoms with van der Waals surface area (Å²) in [5, 5.41) is 14.2. The van der Waals surface area contributed by atoms with E-state index >= 15 is 0 Å².